The molecule has 0 saturated carbocycles. The zero-order chi connectivity index (χ0) is 19.6. The summed E-state index contributed by atoms with van der Waals surface area (Å²) < 4.78 is 10.7. The number of amides is 2. The SMILES string of the molecule is CC(=O)N(CC(=O)Nc1c(C)cc(C)cc1C)Cc1ccc2c(c1)OCO2. The Morgan fingerprint density at radius 1 is 1.04 bits per heavy atom. The highest BCUT2D eigenvalue weighted by atomic mass is 16.7. The molecule has 0 atom stereocenters. The van der Waals surface area contributed by atoms with Gasteiger partial charge in [-0.3, -0.25) is 9.59 Å². The fourth-order valence-corrected chi connectivity index (χ4v) is 3.27. The Kier molecular flexibility index (Phi) is 5.35. The van der Waals surface area contributed by atoms with E-state index in [0.717, 1.165) is 27.9 Å². The van der Waals surface area contributed by atoms with Crippen molar-refractivity contribution in [3.8, 4) is 11.5 Å². The third-order valence-electron chi connectivity index (χ3n) is 4.53. The highest BCUT2D eigenvalue weighted by Crippen LogP contribution is 2.32. The number of carbonyl (C=O) groups excluding carboxylic acids is 2. The Balaban J connectivity index is 1.69. The van der Waals surface area contributed by atoms with Crippen molar-refractivity contribution >= 4 is 17.5 Å². The van der Waals surface area contributed by atoms with Crippen molar-refractivity contribution in [3.63, 3.8) is 0 Å². The zero-order valence-electron chi connectivity index (χ0n) is 16.1. The normalized spacial score (nSPS) is 12.0. The molecule has 0 spiro atoms. The smallest absolute Gasteiger partial charge is 0.244 e. The van der Waals surface area contributed by atoms with Gasteiger partial charge in [-0.15, -0.1) is 0 Å². The van der Waals surface area contributed by atoms with Crippen LogP contribution in [-0.2, 0) is 16.1 Å². The summed E-state index contributed by atoms with van der Waals surface area (Å²) in [5, 5.41) is 2.94. The first kappa shape index (κ1) is 18.8. The van der Waals surface area contributed by atoms with Crippen LogP contribution in [0.2, 0.25) is 0 Å². The molecule has 27 heavy (non-hydrogen) atoms. The lowest BCUT2D eigenvalue weighted by Gasteiger charge is -2.21. The van der Waals surface area contributed by atoms with Gasteiger partial charge in [-0.25, -0.2) is 0 Å². The van der Waals surface area contributed by atoms with Gasteiger partial charge in [0.15, 0.2) is 11.5 Å². The number of fused-ring (bicyclic) bond motifs is 1. The Hall–Kier alpha value is -3.02. The molecule has 6 heteroatoms. The summed E-state index contributed by atoms with van der Waals surface area (Å²) in [6.07, 6.45) is 0. The van der Waals surface area contributed by atoms with Crippen LogP contribution in [0.5, 0.6) is 11.5 Å². The van der Waals surface area contributed by atoms with Crippen molar-refractivity contribution in [2.45, 2.75) is 34.2 Å². The molecule has 142 valence electrons. The van der Waals surface area contributed by atoms with Crippen molar-refractivity contribution in [3.05, 3.63) is 52.6 Å². The van der Waals surface area contributed by atoms with E-state index in [1.807, 2.05) is 51.1 Å². The topological polar surface area (TPSA) is 67.9 Å². The molecule has 3 rings (SSSR count). The molecule has 0 saturated heterocycles. The maximum Gasteiger partial charge on any atom is 0.244 e. The van der Waals surface area contributed by atoms with Crippen molar-refractivity contribution in [1.29, 1.82) is 0 Å². The Morgan fingerprint density at radius 3 is 2.37 bits per heavy atom. The fourth-order valence-electron chi connectivity index (χ4n) is 3.27. The first-order chi connectivity index (χ1) is 12.8. The van der Waals surface area contributed by atoms with Gasteiger partial charge in [0.05, 0.1) is 0 Å². The van der Waals surface area contributed by atoms with Gasteiger partial charge >= 0.3 is 0 Å². The summed E-state index contributed by atoms with van der Waals surface area (Å²) >= 11 is 0. The summed E-state index contributed by atoms with van der Waals surface area (Å²) in [5.74, 6) is 0.962. The van der Waals surface area contributed by atoms with Gasteiger partial charge in [0.25, 0.3) is 0 Å². The summed E-state index contributed by atoms with van der Waals surface area (Å²) in [6, 6.07) is 9.57. The first-order valence-corrected chi connectivity index (χ1v) is 8.85. The third-order valence-corrected chi connectivity index (χ3v) is 4.53. The van der Waals surface area contributed by atoms with Crippen molar-refractivity contribution in [1.82, 2.24) is 4.90 Å². The first-order valence-electron chi connectivity index (χ1n) is 8.85. The molecular weight excluding hydrogens is 344 g/mol. The highest BCUT2D eigenvalue weighted by molar-refractivity contribution is 5.95. The summed E-state index contributed by atoms with van der Waals surface area (Å²) in [6.45, 7) is 7.92. The molecule has 1 aliphatic rings. The zero-order valence-corrected chi connectivity index (χ0v) is 16.1. The van der Waals surface area contributed by atoms with Crippen LogP contribution < -0.4 is 14.8 Å². The standard InChI is InChI=1S/C21H24N2O4/c1-13-7-14(2)21(15(3)8-13)22-20(25)11-23(16(4)24)10-17-5-6-18-19(9-17)27-12-26-18/h5-9H,10-12H2,1-4H3,(H,22,25). The van der Waals surface area contributed by atoms with Gasteiger partial charge in [0.2, 0.25) is 18.6 Å². The van der Waals surface area contributed by atoms with E-state index >= 15 is 0 Å². The average Bonchev–Trinajstić information content (AvgIpc) is 3.05. The van der Waals surface area contributed by atoms with Gasteiger partial charge in [-0.2, -0.15) is 0 Å². The van der Waals surface area contributed by atoms with Gasteiger partial charge in [0, 0.05) is 19.2 Å². The molecule has 0 aromatic heterocycles. The van der Waals surface area contributed by atoms with E-state index in [2.05, 4.69) is 5.32 Å². The molecule has 0 radical (unpaired) electrons. The molecule has 2 amide bonds. The molecule has 6 nitrogen and oxygen atoms in total. The van der Waals surface area contributed by atoms with Crippen LogP contribution in [0.3, 0.4) is 0 Å². The van der Waals surface area contributed by atoms with Gasteiger partial charge < -0.3 is 19.7 Å². The second kappa shape index (κ2) is 7.70. The van der Waals surface area contributed by atoms with E-state index in [-0.39, 0.29) is 25.2 Å². The molecule has 0 fully saturated rings. The maximum absolute atomic E-state index is 12.5. The average molecular weight is 368 g/mol. The van der Waals surface area contributed by atoms with E-state index in [4.69, 9.17) is 9.47 Å². The van der Waals surface area contributed by atoms with Crippen LogP contribution in [0, 0.1) is 20.8 Å². The van der Waals surface area contributed by atoms with Crippen LogP contribution in [0.1, 0.15) is 29.2 Å². The molecule has 1 aliphatic heterocycles. The van der Waals surface area contributed by atoms with Crippen LogP contribution in [0.4, 0.5) is 5.69 Å². The van der Waals surface area contributed by atoms with Gasteiger partial charge in [0.1, 0.15) is 6.54 Å². The summed E-state index contributed by atoms with van der Waals surface area (Å²) in [7, 11) is 0. The summed E-state index contributed by atoms with van der Waals surface area (Å²) in [5.41, 5.74) is 4.84. The van der Waals surface area contributed by atoms with Crippen molar-refractivity contribution < 1.29 is 19.1 Å². The number of nitrogens with zero attached hydrogens (tertiary/aromatic N) is 1. The predicted octanol–water partition coefficient (Wildman–Crippen LogP) is 3.33. The van der Waals surface area contributed by atoms with E-state index in [0.29, 0.717) is 18.0 Å². The summed E-state index contributed by atoms with van der Waals surface area (Å²) in [4.78, 5) is 26.1. The van der Waals surface area contributed by atoms with Crippen LogP contribution in [-0.4, -0.2) is 30.1 Å². The minimum absolute atomic E-state index is 0.0173. The predicted molar refractivity (Wildman–Crippen MR) is 103 cm³/mol. The van der Waals surface area contributed by atoms with E-state index in [9.17, 15) is 9.59 Å². The lowest BCUT2D eigenvalue weighted by molar-refractivity contribution is -0.133. The number of benzene rings is 2. The number of aryl methyl sites for hydroxylation is 3. The van der Waals surface area contributed by atoms with Gasteiger partial charge in [-0.1, -0.05) is 23.8 Å². The monoisotopic (exact) mass is 368 g/mol. The van der Waals surface area contributed by atoms with E-state index in [1.54, 1.807) is 0 Å². The maximum atomic E-state index is 12.5. The van der Waals surface area contributed by atoms with Crippen LogP contribution in [0.25, 0.3) is 0 Å². The van der Waals surface area contributed by atoms with E-state index < -0.39 is 0 Å². The molecule has 1 N–H and O–H groups in total. The Labute approximate surface area is 159 Å². The lowest BCUT2D eigenvalue weighted by Crippen LogP contribution is -2.36. The third kappa shape index (κ3) is 4.39. The Morgan fingerprint density at radius 2 is 1.70 bits per heavy atom. The highest BCUT2D eigenvalue weighted by Gasteiger charge is 2.18. The number of ether oxygens (including phenoxy) is 2. The largest absolute Gasteiger partial charge is 0.454 e. The fraction of sp³-hybridized carbons (Fsp3) is 0.333. The molecule has 1 heterocycles. The molecule has 0 unspecified atom stereocenters. The minimum atomic E-state index is -0.221. The number of hydrogen-bond acceptors (Lipinski definition) is 4. The quantitative estimate of drug-likeness (QED) is 0.879. The van der Waals surface area contributed by atoms with E-state index in [1.165, 1.54) is 11.8 Å². The van der Waals surface area contributed by atoms with Crippen molar-refractivity contribution in [2.24, 2.45) is 0 Å². The number of nitrogens with one attached hydrogen (secondary N) is 1. The minimum Gasteiger partial charge on any atom is -0.454 e. The molecular formula is C21H24N2O4. The van der Waals surface area contributed by atoms with Gasteiger partial charge in [-0.05, 0) is 49.6 Å². The Bertz CT molecular complexity index is 869. The lowest BCUT2D eigenvalue weighted by atomic mass is 10.1. The van der Waals surface area contributed by atoms with Crippen LogP contribution >= 0.6 is 0 Å². The molecule has 2 aromatic carbocycles. The number of hydrogen-bond donors (Lipinski definition) is 1. The number of carbonyl (C=O) groups is 2. The van der Waals surface area contributed by atoms with Crippen LogP contribution in [0.15, 0.2) is 30.3 Å². The molecule has 0 bridgehead atoms. The van der Waals surface area contributed by atoms with Crippen molar-refractivity contribution in [2.75, 3.05) is 18.7 Å². The second-order valence-corrected chi connectivity index (χ2v) is 6.88. The number of rotatable bonds is 5. The second-order valence-electron chi connectivity index (χ2n) is 6.88. The molecule has 2 aromatic rings. The molecule has 0 aliphatic carbocycles. The number of anilines is 1.